The van der Waals surface area contributed by atoms with Gasteiger partial charge in [-0.1, -0.05) is 31.5 Å². The van der Waals surface area contributed by atoms with Crippen LogP contribution in [-0.4, -0.2) is 34.1 Å². The molecule has 1 aliphatic rings. The molecule has 1 N–H and O–H groups in total. The predicted octanol–water partition coefficient (Wildman–Crippen LogP) is 2.45. The molecule has 18 heavy (non-hydrogen) atoms. The molecule has 3 nitrogen and oxygen atoms in total. The van der Waals surface area contributed by atoms with Gasteiger partial charge >= 0.3 is 0 Å². The summed E-state index contributed by atoms with van der Waals surface area (Å²) in [6.07, 6.45) is 2.30. The quantitative estimate of drug-likeness (QED) is 0.891. The Morgan fingerprint density at radius 1 is 1.39 bits per heavy atom. The van der Waals surface area contributed by atoms with Crippen LogP contribution in [0, 0.1) is 0 Å². The van der Waals surface area contributed by atoms with Crippen LogP contribution >= 0.6 is 0 Å². The third kappa shape index (κ3) is 2.41. The summed E-state index contributed by atoms with van der Waals surface area (Å²) in [5, 5.41) is 9.97. The van der Waals surface area contributed by atoms with Gasteiger partial charge in [0.1, 0.15) is 0 Å². The monoisotopic (exact) mass is 247 g/mol. The minimum Gasteiger partial charge on any atom is -0.391 e. The van der Waals surface area contributed by atoms with Crippen LogP contribution in [0.25, 0.3) is 0 Å². The van der Waals surface area contributed by atoms with Crippen molar-refractivity contribution in [3.05, 3.63) is 35.9 Å². The number of hydrogen-bond acceptors (Lipinski definition) is 2. The van der Waals surface area contributed by atoms with Crippen LogP contribution in [0.3, 0.4) is 0 Å². The zero-order valence-electron chi connectivity index (χ0n) is 11.0. The maximum Gasteiger partial charge on any atom is 0.254 e. The lowest BCUT2D eigenvalue weighted by Crippen LogP contribution is -2.41. The van der Waals surface area contributed by atoms with Crippen LogP contribution < -0.4 is 0 Å². The van der Waals surface area contributed by atoms with E-state index in [-0.39, 0.29) is 18.0 Å². The van der Waals surface area contributed by atoms with Crippen LogP contribution in [0.5, 0.6) is 0 Å². The van der Waals surface area contributed by atoms with Gasteiger partial charge in [0, 0.05) is 11.6 Å². The molecule has 3 atom stereocenters. The molecule has 0 spiro atoms. The van der Waals surface area contributed by atoms with Gasteiger partial charge in [-0.15, -0.1) is 0 Å². The molecule has 0 unspecified atom stereocenters. The zero-order chi connectivity index (χ0) is 13.1. The lowest BCUT2D eigenvalue weighted by molar-refractivity contribution is 0.0606. The van der Waals surface area contributed by atoms with Crippen molar-refractivity contribution in [1.29, 1.82) is 0 Å². The van der Waals surface area contributed by atoms with Crippen LogP contribution in [0.2, 0.25) is 0 Å². The summed E-state index contributed by atoms with van der Waals surface area (Å²) in [6, 6.07) is 9.41. The van der Waals surface area contributed by atoms with E-state index in [1.807, 2.05) is 42.2 Å². The largest absolute Gasteiger partial charge is 0.391 e. The van der Waals surface area contributed by atoms with Gasteiger partial charge in [-0.05, 0) is 31.9 Å². The second-order valence-electron chi connectivity index (χ2n) is 5.06. The van der Waals surface area contributed by atoms with Crippen LogP contribution in [0.1, 0.15) is 43.5 Å². The number of carbonyl (C=O) groups excluding carboxylic acids is 1. The minimum absolute atomic E-state index is 0.0399. The van der Waals surface area contributed by atoms with E-state index in [9.17, 15) is 9.90 Å². The Morgan fingerprint density at radius 2 is 2.06 bits per heavy atom. The molecule has 1 aliphatic heterocycles. The van der Waals surface area contributed by atoms with E-state index in [0.29, 0.717) is 12.0 Å². The number of nitrogens with zero attached hydrogens (tertiary/aromatic N) is 1. The summed E-state index contributed by atoms with van der Waals surface area (Å²) in [7, 11) is 0. The van der Waals surface area contributed by atoms with E-state index < -0.39 is 6.10 Å². The van der Waals surface area contributed by atoms with Crippen LogP contribution in [-0.2, 0) is 0 Å². The molecule has 1 fully saturated rings. The Labute approximate surface area is 108 Å². The second kappa shape index (κ2) is 5.53. The maximum absolute atomic E-state index is 12.5. The van der Waals surface area contributed by atoms with Crippen molar-refractivity contribution in [3.63, 3.8) is 0 Å². The Balaban J connectivity index is 2.21. The second-order valence-corrected chi connectivity index (χ2v) is 5.06. The maximum atomic E-state index is 12.5. The third-order valence-corrected chi connectivity index (χ3v) is 3.78. The number of aliphatic hydroxyl groups excluding tert-OH is 1. The van der Waals surface area contributed by atoms with Crippen LogP contribution in [0.15, 0.2) is 30.3 Å². The highest BCUT2D eigenvalue weighted by Gasteiger charge is 2.39. The molecule has 0 aliphatic carbocycles. The summed E-state index contributed by atoms with van der Waals surface area (Å²) in [5.41, 5.74) is 0.708. The van der Waals surface area contributed by atoms with Crippen molar-refractivity contribution in [2.75, 3.05) is 0 Å². The first-order chi connectivity index (χ1) is 8.65. The number of benzene rings is 1. The standard InChI is InChI=1S/C15H21NO2/c1-3-7-13-10-14(17)11(2)16(13)15(18)12-8-5-4-6-9-12/h4-6,8-9,11,13-14,17H,3,7,10H2,1-2H3/t11-,13-,14+/m0/s1. The minimum atomic E-state index is -0.394. The van der Waals surface area contributed by atoms with Crippen molar-refractivity contribution < 1.29 is 9.90 Å². The molecule has 1 saturated heterocycles. The summed E-state index contributed by atoms with van der Waals surface area (Å²) >= 11 is 0. The van der Waals surface area contributed by atoms with Crippen LogP contribution in [0.4, 0.5) is 0 Å². The van der Waals surface area contributed by atoms with Gasteiger partial charge in [-0.25, -0.2) is 0 Å². The SMILES string of the molecule is CCC[C@H]1C[C@@H](O)[C@H](C)N1C(=O)c1ccccc1. The highest BCUT2D eigenvalue weighted by Crippen LogP contribution is 2.29. The molecule has 1 heterocycles. The molecule has 1 aromatic carbocycles. The van der Waals surface area contributed by atoms with Gasteiger partial charge in [0.15, 0.2) is 0 Å². The highest BCUT2D eigenvalue weighted by atomic mass is 16.3. The van der Waals surface area contributed by atoms with Gasteiger partial charge in [-0.2, -0.15) is 0 Å². The highest BCUT2D eigenvalue weighted by molar-refractivity contribution is 5.94. The molecule has 1 aromatic rings. The van der Waals surface area contributed by atoms with E-state index in [0.717, 1.165) is 12.8 Å². The number of hydrogen-bond donors (Lipinski definition) is 1. The molecule has 98 valence electrons. The Bertz CT molecular complexity index is 404. The van der Waals surface area contributed by atoms with Crippen molar-refractivity contribution >= 4 is 5.91 Å². The predicted molar refractivity (Wildman–Crippen MR) is 71.4 cm³/mol. The van der Waals surface area contributed by atoms with Gasteiger partial charge in [0.2, 0.25) is 0 Å². The summed E-state index contributed by atoms with van der Waals surface area (Å²) < 4.78 is 0. The number of aliphatic hydroxyl groups is 1. The van der Waals surface area contributed by atoms with E-state index in [1.54, 1.807) is 0 Å². The first-order valence-corrected chi connectivity index (χ1v) is 6.71. The number of likely N-dealkylation sites (tertiary alicyclic amines) is 1. The first-order valence-electron chi connectivity index (χ1n) is 6.71. The Kier molecular flexibility index (Phi) is 4.02. The van der Waals surface area contributed by atoms with Crippen molar-refractivity contribution in [3.8, 4) is 0 Å². The number of amides is 1. The molecule has 0 aromatic heterocycles. The van der Waals surface area contributed by atoms with Crippen molar-refractivity contribution in [1.82, 2.24) is 4.90 Å². The van der Waals surface area contributed by atoms with Gasteiger partial charge in [0.25, 0.3) is 5.91 Å². The van der Waals surface area contributed by atoms with E-state index >= 15 is 0 Å². The molecule has 0 radical (unpaired) electrons. The summed E-state index contributed by atoms with van der Waals surface area (Å²) in [4.78, 5) is 14.4. The van der Waals surface area contributed by atoms with Gasteiger partial charge in [-0.3, -0.25) is 4.79 Å². The normalized spacial score (nSPS) is 27.5. The van der Waals surface area contributed by atoms with E-state index in [2.05, 4.69) is 6.92 Å². The lowest BCUT2D eigenvalue weighted by Gasteiger charge is -2.28. The van der Waals surface area contributed by atoms with Gasteiger partial charge < -0.3 is 10.0 Å². The Morgan fingerprint density at radius 3 is 2.67 bits per heavy atom. The molecule has 0 bridgehead atoms. The van der Waals surface area contributed by atoms with E-state index in [1.165, 1.54) is 0 Å². The summed E-state index contributed by atoms with van der Waals surface area (Å²) in [5.74, 6) is 0.0399. The number of rotatable bonds is 3. The smallest absolute Gasteiger partial charge is 0.254 e. The molecule has 1 amide bonds. The molecular formula is C15H21NO2. The summed E-state index contributed by atoms with van der Waals surface area (Å²) in [6.45, 7) is 4.04. The molecular weight excluding hydrogens is 226 g/mol. The lowest BCUT2D eigenvalue weighted by atomic mass is 10.1. The topological polar surface area (TPSA) is 40.5 Å². The fourth-order valence-electron chi connectivity index (χ4n) is 2.78. The molecule has 3 heteroatoms. The average Bonchev–Trinajstić information content (AvgIpc) is 2.66. The zero-order valence-corrected chi connectivity index (χ0v) is 11.0. The number of carbonyl (C=O) groups is 1. The molecule has 2 rings (SSSR count). The van der Waals surface area contributed by atoms with Crippen molar-refractivity contribution in [2.24, 2.45) is 0 Å². The van der Waals surface area contributed by atoms with Crippen molar-refractivity contribution in [2.45, 2.75) is 51.3 Å². The molecule has 0 saturated carbocycles. The average molecular weight is 247 g/mol. The van der Waals surface area contributed by atoms with Gasteiger partial charge in [0.05, 0.1) is 12.1 Å². The third-order valence-electron chi connectivity index (χ3n) is 3.78. The fourth-order valence-corrected chi connectivity index (χ4v) is 2.78. The van der Waals surface area contributed by atoms with E-state index in [4.69, 9.17) is 0 Å². The fraction of sp³-hybridized carbons (Fsp3) is 0.533. The Hall–Kier alpha value is -1.35. The first kappa shape index (κ1) is 13.1.